The molecule has 0 saturated heterocycles. The maximum Gasteiger partial charge on any atom is 0.224 e. The van der Waals surface area contributed by atoms with Crippen LogP contribution in [0.1, 0.15) is 23.9 Å². The van der Waals surface area contributed by atoms with Crippen LogP contribution in [0.4, 0.5) is 0 Å². The molecule has 8 heteroatoms. The van der Waals surface area contributed by atoms with Crippen LogP contribution in [0.3, 0.4) is 0 Å². The lowest BCUT2D eigenvalue weighted by atomic mass is 10.1. The number of amides is 1. The van der Waals surface area contributed by atoms with Crippen LogP contribution in [0.5, 0.6) is 0 Å². The molecule has 0 saturated carbocycles. The minimum Gasteiger partial charge on any atom is -0.354 e. The van der Waals surface area contributed by atoms with Gasteiger partial charge in [0.05, 0.1) is 22.8 Å². The van der Waals surface area contributed by atoms with Gasteiger partial charge < -0.3 is 10.6 Å². The Labute approximate surface area is 164 Å². The van der Waals surface area contributed by atoms with Crippen LogP contribution in [0.25, 0.3) is 5.69 Å². The number of aryl methyl sites for hydroxylation is 1. The van der Waals surface area contributed by atoms with Crippen molar-refractivity contribution in [2.75, 3.05) is 13.6 Å². The first-order valence-corrected chi connectivity index (χ1v) is 8.53. The second-order valence-corrected chi connectivity index (χ2v) is 6.67. The van der Waals surface area contributed by atoms with Crippen LogP contribution in [0, 0.1) is 13.8 Å². The van der Waals surface area contributed by atoms with Crippen molar-refractivity contribution in [1.29, 1.82) is 0 Å². The maximum atomic E-state index is 12.2. The number of halogens is 3. The zero-order valence-corrected chi connectivity index (χ0v) is 17.0. The molecule has 1 aromatic carbocycles. The van der Waals surface area contributed by atoms with E-state index in [1.807, 2.05) is 33.9 Å². The minimum atomic E-state index is -0.0231. The van der Waals surface area contributed by atoms with Gasteiger partial charge in [-0.15, -0.1) is 12.4 Å². The van der Waals surface area contributed by atoms with Crippen molar-refractivity contribution in [2.24, 2.45) is 0 Å². The van der Waals surface area contributed by atoms with Gasteiger partial charge in [-0.1, -0.05) is 23.2 Å². The lowest BCUT2D eigenvalue weighted by molar-refractivity contribution is -0.120. The zero-order valence-electron chi connectivity index (χ0n) is 14.7. The fraction of sp³-hybridized carbons (Fsp3) is 0.412. The Morgan fingerprint density at radius 3 is 2.60 bits per heavy atom. The third-order valence-corrected chi connectivity index (χ3v) is 4.55. The average Bonchev–Trinajstić information content (AvgIpc) is 2.80. The lowest BCUT2D eigenvalue weighted by Crippen LogP contribution is -2.37. The largest absolute Gasteiger partial charge is 0.354 e. The lowest BCUT2D eigenvalue weighted by Gasteiger charge is -2.11. The SMILES string of the molecule is CNC(C)CNC(=O)Cc1c(C)nn(-c2ccc(Cl)cc2Cl)c1C.Cl. The molecule has 25 heavy (non-hydrogen) atoms. The Hall–Kier alpha value is -1.27. The third kappa shape index (κ3) is 5.35. The second kappa shape index (κ2) is 9.43. The molecule has 0 fully saturated rings. The Balaban J connectivity index is 0.00000312. The summed E-state index contributed by atoms with van der Waals surface area (Å²) in [4.78, 5) is 12.2. The summed E-state index contributed by atoms with van der Waals surface area (Å²) in [6, 6.07) is 5.50. The number of likely N-dealkylation sites (N-methyl/N-ethyl adjacent to an activating group) is 1. The molecule has 1 unspecified atom stereocenters. The number of carbonyl (C=O) groups is 1. The van der Waals surface area contributed by atoms with Crippen molar-refractivity contribution >= 4 is 41.5 Å². The van der Waals surface area contributed by atoms with Crippen molar-refractivity contribution in [3.05, 3.63) is 45.2 Å². The summed E-state index contributed by atoms with van der Waals surface area (Å²) in [5.41, 5.74) is 3.37. The van der Waals surface area contributed by atoms with Gasteiger partial charge in [-0.3, -0.25) is 4.79 Å². The molecule has 1 heterocycles. The highest BCUT2D eigenvalue weighted by atomic mass is 35.5. The average molecular weight is 406 g/mol. The van der Waals surface area contributed by atoms with Crippen molar-refractivity contribution < 1.29 is 4.79 Å². The van der Waals surface area contributed by atoms with E-state index in [1.54, 1.807) is 16.8 Å². The van der Waals surface area contributed by atoms with Crippen molar-refractivity contribution in [1.82, 2.24) is 20.4 Å². The summed E-state index contributed by atoms with van der Waals surface area (Å²) in [5, 5.41) is 11.6. The van der Waals surface area contributed by atoms with Gasteiger partial charge in [-0.05, 0) is 46.0 Å². The predicted molar refractivity (Wildman–Crippen MR) is 106 cm³/mol. The number of nitrogens with zero attached hydrogens (tertiary/aromatic N) is 2. The zero-order chi connectivity index (χ0) is 17.9. The number of hydrogen-bond acceptors (Lipinski definition) is 3. The number of aromatic nitrogens is 2. The summed E-state index contributed by atoms with van der Waals surface area (Å²) < 4.78 is 1.76. The second-order valence-electron chi connectivity index (χ2n) is 5.83. The third-order valence-electron chi connectivity index (χ3n) is 4.01. The molecule has 0 aliphatic heterocycles. The Morgan fingerprint density at radius 2 is 2.00 bits per heavy atom. The van der Waals surface area contributed by atoms with E-state index in [1.165, 1.54) is 0 Å². The Morgan fingerprint density at radius 1 is 1.32 bits per heavy atom. The number of hydrogen-bond donors (Lipinski definition) is 2. The number of rotatable bonds is 6. The quantitative estimate of drug-likeness (QED) is 0.773. The molecule has 1 amide bonds. The van der Waals surface area contributed by atoms with E-state index < -0.39 is 0 Å². The van der Waals surface area contributed by atoms with E-state index in [0.29, 0.717) is 23.0 Å². The smallest absolute Gasteiger partial charge is 0.224 e. The van der Waals surface area contributed by atoms with Gasteiger partial charge in [0.2, 0.25) is 5.91 Å². The Kier molecular flexibility index (Phi) is 8.22. The summed E-state index contributed by atoms with van der Waals surface area (Å²) >= 11 is 12.2. The summed E-state index contributed by atoms with van der Waals surface area (Å²) in [6.07, 6.45) is 0.291. The molecule has 5 nitrogen and oxygen atoms in total. The molecule has 2 aromatic rings. The molecule has 0 radical (unpaired) electrons. The van der Waals surface area contributed by atoms with Gasteiger partial charge in [0, 0.05) is 28.9 Å². The van der Waals surface area contributed by atoms with Crippen LogP contribution in [-0.2, 0) is 11.2 Å². The van der Waals surface area contributed by atoms with Gasteiger partial charge >= 0.3 is 0 Å². The van der Waals surface area contributed by atoms with Crippen LogP contribution < -0.4 is 10.6 Å². The molecule has 2 N–H and O–H groups in total. The van der Waals surface area contributed by atoms with E-state index in [4.69, 9.17) is 23.2 Å². The fourth-order valence-corrected chi connectivity index (χ4v) is 2.90. The Bertz CT molecular complexity index is 746. The number of nitrogens with one attached hydrogen (secondary N) is 2. The van der Waals surface area contributed by atoms with Crippen LogP contribution in [0.2, 0.25) is 10.0 Å². The summed E-state index contributed by atoms with van der Waals surface area (Å²) in [7, 11) is 1.87. The van der Waals surface area contributed by atoms with Gasteiger partial charge in [-0.25, -0.2) is 4.68 Å². The van der Waals surface area contributed by atoms with Crippen molar-refractivity contribution in [2.45, 2.75) is 33.2 Å². The normalized spacial score (nSPS) is 11.8. The maximum absolute atomic E-state index is 12.2. The van der Waals surface area contributed by atoms with Crippen LogP contribution in [0.15, 0.2) is 18.2 Å². The van der Waals surface area contributed by atoms with E-state index in [9.17, 15) is 4.79 Å². The molecular weight excluding hydrogens is 383 g/mol. The summed E-state index contributed by atoms with van der Waals surface area (Å²) in [5.74, 6) is -0.0231. The molecule has 1 atom stereocenters. The van der Waals surface area contributed by atoms with Crippen molar-refractivity contribution in [3.63, 3.8) is 0 Å². The van der Waals surface area contributed by atoms with Crippen LogP contribution >= 0.6 is 35.6 Å². The molecule has 0 aliphatic rings. The monoisotopic (exact) mass is 404 g/mol. The fourth-order valence-electron chi connectivity index (χ4n) is 2.41. The van der Waals surface area contributed by atoms with Gasteiger partial charge in [0.25, 0.3) is 0 Å². The highest BCUT2D eigenvalue weighted by Crippen LogP contribution is 2.27. The first-order valence-electron chi connectivity index (χ1n) is 7.78. The standard InChI is InChI=1S/C17H22Cl2N4O.ClH/c1-10(20-4)9-21-17(24)8-14-11(2)22-23(12(14)3)16-6-5-13(18)7-15(16)19;/h5-7,10,20H,8-9H2,1-4H3,(H,21,24);1H. The molecule has 0 bridgehead atoms. The van der Waals surface area contributed by atoms with Gasteiger partial charge in [0.1, 0.15) is 0 Å². The van der Waals surface area contributed by atoms with Crippen molar-refractivity contribution in [3.8, 4) is 5.69 Å². The first kappa shape index (κ1) is 21.8. The van der Waals surface area contributed by atoms with E-state index in [2.05, 4.69) is 15.7 Å². The highest BCUT2D eigenvalue weighted by molar-refractivity contribution is 6.35. The van der Waals surface area contributed by atoms with Crippen LogP contribution in [-0.4, -0.2) is 35.3 Å². The first-order chi connectivity index (χ1) is 11.3. The number of carbonyl (C=O) groups excluding carboxylic acids is 1. The van der Waals surface area contributed by atoms with Gasteiger partial charge in [-0.2, -0.15) is 5.10 Å². The highest BCUT2D eigenvalue weighted by Gasteiger charge is 2.17. The molecule has 0 spiro atoms. The number of benzene rings is 1. The molecular formula is C17H23Cl3N4O. The molecule has 138 valence electrons. The minimum absolute atomic E-state index is 0. The molecule has 1 aromatic heterocycles. The van der Waals surface area contributed by atoms with E-state index in [0.717, 1.165) is 22.6 Å². The van der Waals surface area contributed by atoms with Gasteiger partial charge in [0.15, 0.2) is 0 Å². The summed E-state index contributed by atoms with van der Waals surface area (Å²) in [6.45, 7) is 6.43. The molecule has 2 rings (SSSR count). The predicted octanol–water partition coefficient (Wildman–Crippen LogP) is 3.48. The topological polar surface area (TPSA) is 58.9 Å². The van der Waals surface area contributed by atoms with E-state index in [-0.39, 0.29) is 24.4 Å². The molecule has 0 aliphatic carbocycles. The van der Waals surface area contributed by atoms with E-state index >= 15 is 0 Å².